The molecule has 1 aliphatic heterocycles. The number of anilines is 1. The summed E-state index contributed by atoms with van der Waals surface area (Å²) in [6, 6.07) is 10.1. The van der Waals surface area contributed by atoms with E-state index in [1.807, 2.05) is 32.0 Å². The number of aliphatic hydroxyl groups excluding tert-OH is 1. The normalized spacial score (nSPS) is 17.2. The highest BCUT2D eigenvalue weighted by Gasteiger charge is 2.46. The first-order valence-electron chi connectivity index (χ1n) is 32.3. The van der Waals surface area contributed by atoms with Gasteiger partial charge in [-0.3, -0.25) is 43.3 Å². The molecule has 11 amide bonds. The van der Waals surface area contributed by atoms with Crippen LogP contribution in [0.2, 0.25) is 0 Å². The van der Waals surface area contributed by atoms with Crippen LogP contribution in [0.25, 0.3) is 0 Å². The average Bonchev–Trinajstić information content (AvgIpc) is 1.17. The lowest BCUT2D eigenvalue weighted by Crippen LogP contribution is -2.62. The molecule has 4 rings (SSSR count). The van der Waals surface area contributed by atoms with E-state index in [0.717, 1.165) is 30.6 Å². The third-order valence-corrected chi connectivity index (χ3v) is 18.3. The number of aliphatic hydroxyl groups is 1. The summed E-state index contributed by atoms with van der Waals surface area (Å²) in [7, 11) is 6.15. The van der Waals surface area contributed by atoms with Gasteiger partial charge in [-0.25, -0.2) is 9.59 Å². The lowest BCUT2D eigenvalue weighted by molar-refractivity contribution is -0.148. The number of nitrogens with two attached hydrogens (primary N) is 1. The molecule has 10 atom stereocenters. The fourth-order valence-electron chi connectivity index (χ4n) is 11.9. The van der Waals surface area contributed by atoms with Crippen LogP contribution in [0, 0.1) is 23.7 Å². The maximum absolute atomic E-state index is 14.9. The molecule has 2 fully saturated rings. The molecule has 92 heavy (non-hydrogen) atoms. The number of carbonyl (C=O) groups excluding carboxylic acids is 10. The van der Waals surface area contributed by atoms with Gasteiger partial charge in [0.15, 0.2) is 0 Å². The number of rotatable bonds is 37. The van der Waals surface area contributed by atoms with Crippen molar-refractivity contribution >= 4 is 81.0 Å². The molecule has 2 aromatic carbocycles. The number of benzene rings is 2. The minimum absolute atomic E-state index is 0.0110. The van der Waals surface area contributed by atoms with Crippen LogP contribution in [0.3, 0.4) is 0 Å². The maximum atomic E-state index is 14.9. The number of methoxy groups -OCH3 is 2. The Bertz CT molecular complexity index is 2740. The molecule has 0 spiro atoms. The number of primary amides is 1. The fraction of sp³-hybridized carbons (Fsp3) is 0.667. The van der Waals surface area contributed by atoms with Crippen molar-refractivity contribution in [2.24, 2.45) is 29.4 Å². The van der Waals surface area contributed by atoms with Crippen molar-refractivity contribution in [3.8, 4) is 0 Å². The smallest absolute Gasteiger partial charge is 0.410 e. The second kappa shape index (κ2) is 38.3. The standard InChI is InChI=1S/C66H104BrN11O14/c1-40(2)54(74-51(79)29-17-14-20-34-69-52(80)38-67)61(85)73-48(27-21-35-70-64(68)88)60(84)72-47-32-30-44(31-33-47)39-92-65(89)77(10)66(7,8)63(87)75-55(41(3)4)62(86)76(9)56(45-23-18-19-24-45)50(90-11)37-53(81)78-36-22-28-49(78)58(91-12)42(5)59(83)71-43(6)57(82)46-25-15-13-16-26-46/h13,15-16,25-26,30-33,40-43,45,48-50,54-58,82H,14,17-24,27-29,34-39H2,1-12H3,(H,69,80)(H,71,83)(H,72,84)(H,73,85)(H,74,79)(H,75,87)(H3,68,70,88). The quantitative estimate of drug-likeness (QED) is 0.0296. The Morgan fingerprint density at radius 3 is 1.97 bits per heavy atom. The lowest BCUT2D eigenvalue weighted by Gasteiger charge is -2.41. The van der Waals surface area contributed by atoms with Crippen LogP contribution in [-0.4, -0.2) is 186 Å². The topological polar surface area (TPSA) is 339 Å². The second-order valence-electron chi connectivity index (χ2n) is 25.5. The Labute approximate surface area is 551 Å². The summed E-state index contributed by atoms with van der Waals surface area (Å²) >= 11 is 3.10. The maximum Gasteiger partial charge on any atom is 0.410 e. The number of hydrogen-bond acceptors (Lipinski definition) is 14. The SMILES string of the molecule is COC(CC(=O)N1CCCC1C(OC)C(C)C(=O)NC(C)C(O)c1ccccc1)C(C1CCCC1)N(C)C(=O)C(NC(=O)C(C)(C)N(C)C(=O)OCc1ccc(NC(=O)C(CCCNC(N)=O)NC(=O)C(NC(=O)CCCCCNC(=O)CBr)C(C)C)cc1)C(C)C. The number of nitrogens with one attached hydrogen (secondary N) is 7. The highest BCUT2D eigenvalue weighted by atomic mass is 79.9. The van der Waals surface area contributed by atoms with Crippen molar-refractivity contribution in [3.05, 3.63) is 65.7 Å². The fourth-order valence-corrected chi connectivity index (χ4v) is 12.1. The summed E-state index contributed by atoms with van der Waals surface area (Å²) < 4.78 is 17.8. The van der Waals surface area contributed by atoms with Crippen LogP contribution in [0.15, 0.2) is 54.6 Å². The van der Waals surface area contributed by atoms with Gasteiger partial charge < -0.3 is 72.1 Å². The predicted molar refractivity (Wildman–Crippen MR) is 352 cm³/mol. The molecule has 10 unspecified atom stereocenters. The van der Waals surface area contributed by atoms with Crippen molar-refractivity contribution < 1.29 is 67.3 Å². The van der Waals surface area contributed by atoms with Crippen LogP contribution in [0.1, 0.15) is 156 Å². The number of amides is 11. The number of halogens is 1. The third-order valence-electron chi connectivity index (χ3n) is 17.8. The lowest BCUT2D eigenvalue weighted by atomic mass is 9.88. The van der Waals surface area contributed by atoms with Crippen LogP contribution in [-0.2, 0) is 59.2 Å². The third kappa shape index (κ3) is 23.3. The molecule has 0 aromatic heterocycles. The zero-order valence-corrected chi connectivity index (χ0v) is 57.6. The van der Waals surface area contributed by atoms with E-state index in [9.17, 15) is 53.1 Å². The summed E-state index contributed by atoms with van der Waals surface area (Å²) in [5, 5.41) is 30.6. The van der Waals surface area contributed by atoms with Gasteiger partial charge in [-0.05, 0) is 113 Å². The van der Waals surface area contributed by atoms with Gasteiger partial charge in [0.05, 0.1) is 54.1 Å². The molecule has 0 radical (unpaired) electrons. The number of nitrogens with zero attached hydrogens (tertiary/aromatic N) is 3. The van der Waals surface area contributed by atoms with Crippen LogP contribution >= 0.6 is 15.9 Å². The van der Waals surface area contributed by atoms with Gasteiger partial charge in [0.25, 0.3) is 0 Å². The van der Waals surface area contributed by atoms with Gasteiger partial charge in [0, 0.05) is 60.1 Å². The van der Waals surface area contributed by atoms with Crippen LogP contribution < -0.4 is 43.0 Å². The molecule has 1 saturated carbocycles. The molecule has 26 heteroatoms. The summed E-state index contributed by atoms with van der Waals surface area (Å²) in [6.07, 6.45) is 4.02. The number of alkyl halides is 1. The molecule has 1 saturated heterocycles. The predicted octanol–water partition coefficient (Wildman–Crippen LogP) is 5.56. The number of likely N-dealkylation sites (N-methyl/N-ethyl adjacent to an activating group) is 2. The van der Waals surface area contributed by atoms with Crippen molar-refractivity contribution in [1.82, 2.24) is 46.6 Å². The molecule has 10 N–H and O–H groups in total. The number of carbonyl (C=O) groups is 10. The molecule has 25 nitrogen and oxygen atoms in total. The van der Waals surface area contributed by atoms with Gasteiger partial charge in [-0.1, -0.05) is 112 Å². The molecule has 2 aromatic rings. The number of ether oxygens (including phenoxy) is 3. The van der Waals surface area contributed by atoms with Crippen LogP contribution in [0.5, 0.6) is 0 Å². The van der Waals surface area contributed by atoms with Crippen molar-refractivity contribution in [2.75, 3.05) is 58.6 Å². The van der Waals surface area contributed by atoms with E-state index in [2.05, 4.69) is 53.1 Å². The largest absolute Gasteiger partial charge is 0.445 e. The second-order valence-corrected chi connectivity index (χ2v) is 26.1. The number of hydrogen-bond donors (Lipinski definition) is 9. The van der Waals surface area contributed by atoms with E-state index in [1.165, 1.54) is 35.1 Å². The minimum atomic E-state index is -1.53. The Kier molecular flexibility index (Phi) is 32.3. The highest BCUT2D eigenvalue weighted by Crippen LogP contribution is 2.35. The summed E-state index contributed by atoms with van der Waals surface area (Å²) in [5.74, 6) is -4.56. The van der Waals surface area contributed by atoms with E-state index in [0.29, 0.717) is 62.0 Å². The Balaban J connectivity index is 1.38. The monoisotopic (exact) mass is 1350 g/mol. The number of urea groups is 1. The molecule has 1 heterocycles. The molecular weight excluding hydrogens is 1250 g/mol. The van der Waals surface area contributed by atoms with Gasteiger partial charge in [0.2, 0.25) is 47.3 Å². The summed E-state index contributed by atoms with van der Waals surface area (Å²) in [6.45, 7) is 14.6. The minimum Gasteiger partial charge on any atom is -0.445 e. The van der Waals surface area contributed by atoms with Crippen LogP contribution in [0.4, 0.5) is 15.3 Å². The van der Waals surface area contributed by atoms with Gasteiger partial charge in [-0.2, -0.15) is 0 Å². The summed E-state index contributed by atoms with van der Waals surface area (Å²) in [5.41, 5.74) is 5.26. The molecule has 1 aliphatic carbocycles. The molecular formula is C66H104BrN11O14. The van der Waals surface area contributed by atoms with Crippen molar-refractivity contribution in [1.29, 1.82) is 0 Å². The van der Waals surface area contributed by atoms with Gasteiger partial charge in [0.1, 0.15) is 30.3 Å². The van der Waals surface area contributed by atoms with E-state index < -0.39 is 108 Å². The van der Waals surface area contributed by atoms with Crippen molar-refractivity contribution in [2.45, 2.75) is 206 Å². The first kappa shape index (κ1) is 77.5. The molecule has 514 valence electrons. The zero-order valence-electron chi connectivity index (χ0n) is 56.0. The first-order chi connectivity index (χ1) is 43.6. The van der Waals surface area contributed by atoms with E-state index >= 15 is 0 Å². The average molecular weight is 1360 g/mol. The molecule has 2 aliphatic rings. The van der Waals surface area contributed by atoms with Gasteiger partial charge in [-0.15, -0.1) is 0 Å². The Morgan fingerprint density at radius 1 is 0.728 bits per heavy atom. The molecule has 0 bridgehead atoms. The van der Waals surface area contributed by atoms with Gasteiger partial charge >= 0.3 is 12.1 Å². The highest BCUT2D eigenvalue weighted by molar-refractivity contribution is 9.09. The Hall–Kier alpha value is -6.90. The zero-order chi connectivity index (χ0) is 68.4. The van der Waals surface area contributed by atoms with E-state index in [1.54, 1.807) is 80.9 Å². The van der Waals surface area contributed by atoms with Crippen molar-refractivity contribution in [3.63, 3.8) is 0 Å². The first-order valence-corrected chi connectivity index (χ1v) is 33.4. The Morgan fingerprint density at radius 2 is 1.37 bits per heavy atom. The number of likely N-dealkylation sites (tertiary alicyclic amines) is 1. The number of unbranched alkanes of at least 4 members (excludes halogenated alkanes) is 2. The van der Waals surface area contributed by atoms with E-state index in [-0.39, 0.29) is 79.6 Å². The van der Waals surface area contributed by atoms with E-state index in [4.69, 9.17) is 19.9 Å². The summed E-state index contributed by atoms with van der Waals surface area (Å²) in [4.78, 5) is 139.